The highest BCUT2D eigenvalue weighted by Crippen LogP contribution is 2.37. The minimum atomic E-state index is -0.306. The molecule has 1 unspecified atom stereocenters. The highest BCUT2D eigenvalue weighted by molar-refractivity contribution is 7.13. The molecule has 2 aromatic heterocycles. The summed E-state index contributed by atoms with van der Waals surface area (Å²) in [6, 6.07) is 11.1. The first-order valence-electron chi connectivity index (χ1n) is 9.03. The zero-order valence-corrected chi connectivity index (χ0v) is 15.8. The third-order valence-electron chi connectivity index (χ3n) is 4.79. The number of benzene rings is 1. The lowest BCUT2D eigenvalue weighted by molar-refractivity contribution is 0.0363. The van der Waals surface area contributed by atoms with Gasteiger partial charge in [-0.25, -0.2) is 9.78 Å². The third kappa shape index (κ3) is 3.19. The van der Waals surface area contributed by atoms with Crippen LogP contribution in [0.2, 0.25) is 0 Å². The van der Waals surface area contributed by atoms with E-state index < -0.39 is 0 Å². The minimum Gasteiger partial charge on any atom is -0.458 e. The van der Waals surface area contributed by atoms with Gasteiger partial charge in [-0.3, -0.25) is 0 Å². The Bertz CT molecular complexity index is 912. The molecule has 0 saturated carbocycles. The summed E-state index contributed by atoms with van der Waals surface area (Å²) < 4.78 is 7.39. The average Bonchev–Trinajstić information content (AvgIpc) is 3.32. The van der Waals surface area contributed by atoms with Crippen molar-refractivity contribution in [2.24, 2.45) is 0 Å². The van der Waals surface area contributed by atoms with E-state index in [1.807, 2.05) is 18.4 Å². The Hall–Kier alpha value is -2.40. The van der Waals surface area contributed by atoms with Crippen LogP contribution in [-0.4, -0.2) is 21.6 Å². The first-order chi connectivity index (χ1) is 12.6. The van der Waals surface area contributed by atoms with Gasteiger partial charge in [-0.1, -0.05) is 18.2 Å². The van der Waals surface area contributed by atoms with Crippen molar-refractivity contribution in [2.45, 2.75) is 45.3 Å². The number of carbonyl (C=O) groups is 1. The van der Waals surface area contributed by atoms with Crippen LogP contribution in [0.3, 0.4) is 0 Å². The smallest absolute Gasteiger partial charge is 0.356 e. The van der Waals surface area contributed by atoms with Crippen molar-refractivity contribution in [1.82, 2.24) is 9.55 Å². The van der Waals surface area contributed by atoms with E-state index in [1.165, 1.54) is 21.6 Å². The molecule has 4 nitrogen and oxygen atoms in total. The summed E-state index contributed by atoms with van der Waals surface area (Å²) in [7, 11) is 0. The molecule has 5 heteroatoms. The van der Waals surface area contributed by atoms with Crippen molar-refractivity contribution in [3.05, 3.63) is 65.1 Å². The van der Waals surface area contributed by atoms with Crippen LogP contribution in [0.15, 0.2) is 48.2 Å². The molecule has 0 radical (unpaired) electrons. The first kappa shape index (κ1) is 17.0. The van der Waals surface area contributed by atoms with Crippen LogP contribution in [0.5, 0.6) is 0 Å². The zero-order valence-electron chi connectivity index (χ0n) is 15.0. The van der Waals surface area contributed by atoms with Crippen molar-refractivity contribution < 1.29 is 9.53 Å². The lowest BCUT2D eigenvalue weighted by Crippen LogP contribution is -2.22. The maximum Gasteiger partial charge on any atom is 0.356 e. The predicted molar refractivity (Wildman–Crippen MR) is 104 cm³/mol. The lowest BCUT2D eigenvalue weighted by Gasteiger charge is -2.28. The third-order valence-corrected chi connectivity index (χ3v) is 5.71. The quantitative estimate of drug-likeness (QED) is 0.603. The number of nitrogens with zero attached hydrogens (tertiary/aromatic N) is 2. The summed E-state index contributed by atoms with van der Waals surface area (Å²) in [5, 5.41) is 2.10. The van der Waals surface area contributed by atoms with Crippen LogP contribution in [0, 0.1) is 0 Å². The molecule has 0 spiro atoms. The van der Waals surface area contributed by atoms with Gasteiger partial charge in [0.05, 0.1) is 24.7 Å². The Labute approximate surface area is 157 Å². The monoisotopic (exact) mass is 366 g/mol. The number of imidazole rings is 1. The summed E-state index contributed by atoms with van der Waals surface area (Å²) in [5.41, 5.74) is 4.41. The van der Waals surface area contributed by atoms with Gasteiger partial charge in [-0.15, -0.1) is 11.3 Å². The Morgan fingerprint density at radius 2 is 2.23 bits per heavy atom. The van der Waals surface area contributed by atoms with Gasteiger partial charge < -0.3 is 9.30 Å². The molecule has 2 heterocycles. The topological polar surface area (TPSA) is 44.1 Å². The molecule has 134 valence electrons. The van der Waals surface area contributed by atoms with Gasteiger partial charge in [0.15, 0.2) is 0 Å². The molecule has 26 heavy (non-hydrogen) atoms. The van der Waals surface area contributed by atoms with Crippen molar-refractivity contribution >= 4 is 17.3 Å². The molecule has 1 atom stereocenters. The number of thiophene rings is 1. The van der Waals surface area contributed by atoms with E-state index in [4.69, 9.17) is 4.74 Å². The Kier molecular flexibility index (Phi) is 4.64. The van der Waals surface area contributed by atoms with Gasteiger partial charge in [-0.2, -0.15) is 0 Å². The highest BCUT2D eigenvalue weighted by atomic mass is 32.1. The number of aryl methyl sites for hydroxylation is 1. The molecular weight excluding hydrogens is 344 g/mol. The second-order valence-electron chi connectivity index (χ2n) is 6.94. The summed E-state index contributed by atoms with van der Waals surface area (Å²) in [6.07, 6.45) is 6.41. The molecule has 0 amide bonds. The SMILES string of the molecule is CC(C)OC(=O)c1cncn1C1CCCc2ccc(-c3cccs3)cc21. The molecule has 0 fully saturated rings. The second-order valence-corrected chi connectivity index (χ2v) is 7.89. The van der Waals surface area contributed by atoms with Crippen LogP contribution in [0.1, 0.15) is 54.3 Å². The molecule has 1 aliphatic carbocycles. The van der Waals surface area contributed by atoms with E-state index in [1.54, 1.807) is 23.9 Å². The van der Waals surface area contributed by atoms with Crippen molar-refractivity contribution in [1.29, 1.82) is 0 Å². The number of fused-ring (bicyclic) bond motifs is 1. The summed E-state index contributed by atoms with van der Waals surface area (Å²) in [5.74, 6) is -0.306. The minimum absolute atomic E-state index is 0.121. The molecule has 3 aromatic rings. The number of ether oxygens (including phenoxy) is 1. The van der Waals surface area contributed by atoms with Crippen molar-refractivity contribution in [3.8, 4) is 10.4 Å². The van der Waals surface area contributed by atoms with E-state index in [2.05, 4.69) is 40.7 Å². The van der Waals surface area contributed by atoms with Crippen LogP contribution in [0.25, 0.3) is 10.4 Å². The summed E-state index contributed by atoms with van der Waals surface area (Å²) >= 11 is 1.75. The molecule has 1 aliphatic rings. The Balaban J connectivity index is 1.74. The Morgan fingerprint density at radius 3 is 3.00 bits per heavy atom. The summed E-state index contributed by atoms with van der Waals surface area (Å²) in [6.45, 7) is 3.73. The van der Waals surface area contributed by atoms with Gasteiger partial charge in [-0.05, 0) is 67.3 Å². The van der Waals surface area contributed by atoms with Gasteiger partial charge >= 0.3 is 5.97 Å². The number of hydrogen-bond acceptors (Lipinski definition) is 4. The fraction of sp³-hybridized carbons (Fsp3) is 0.333. The lowest BCUT2D eigenvalue weighted by atomic mass is 9.86. The predicted octanol–water partition coefficient (Wildman–Crippen LogP) is 5.10. The number of aromatic nitrogens is 2. The molecule has 0 N–H and O–H groups in total. The zero-order chi connectivity index (χ0) is 18.1. The van der Waals surface area contributed by atoms with E-state index in [-0.39, 0.29) is 18.1 Å². The Morgan fingerprint density at radius 1 is 1.35 bits per heavy atom. The van der Waals surface area contributed by atoms with Crippen LogP contribution in [-0.2, 0) is 11.2 Å². The number of esters is 1. The standard InChI is InChI=1S/C21H22N2O2S/c1-14(2)25-21(24)19-12-22-13-23(19)18-6-3-5-15-8-9-16(11-17(15)18)20-7-4-10-26-20/h4,7-14,18H,3,5-6H2,1-2H3. The van der Waals surface area contributed by atoms with Crippen LogP contribution < -0.4 is 0 Å². The maximum absolute atomic E-state index is 12.5. The molecule has 0 aliphatic heterocycles. The number of carbonyl (C=O) groups excluding carboxylic acids is 1. The van der Waals surface area contributed by atoms with E-state index in [0.717, 1.165) is 19.3 Å². The second kappa shape index (κ2) is 7.08. The molecular formula is C21H22N2O2S. The van der Waals surface area contributed by atoms with E-state index in [9.17, 15) is 4.79 Å². The molecule has 1 aromatic carbocycles. The maximum atomic E-state index is 12.5. The average molecular weight is 366 g/mol. The normalized spacial score (nSPS) is 16.5. The molecule has 0 bridgehead atoms. The molecule has 0 saturated heterocycles. The van der Waals surface area contributed by atoms with Crippen LogP contribution in [0.4, 0.5) is 0 Å². The number of hydrogen-bond donors (Lipinski definition) is 0. The van der Waals surface area contributed by atoms with Crippen molar-refractivity contribution in [2.75, 3.05) is 0 Å². The van der Waals surface area contributed by atoms with E-state index in [0.29, 0.717) is 5.69 Å². The van der Waals surface area contributed by atoms with E-state index >= 15 is 0 Å². The fourth-order valence-electron chi connectivity index (χ4n) is 3.64. The van der Waals surface area contributed by atoms with Crippen molar-refractivity contribution in [3.63, 3.8) is 0 Å². The largest absolute Gasteiger partial charge is 0.458 e. The highest BCUT2D eigenvalue weighted by Gasteiger charge is 2.26. The first-order valence-corrected chi connectivity index (χ1v) is 9.91. The fourth-order valence-corrected chi connectivity index (χ4v) is 4.37. The van der Waals surface area contributed by atoms with Gasteiger partial charge in [0.25, 0.3) is 0 Å². The summed E-state index contributed by atoms with van der Waals surface area (Å²) in [4.78, 5) is 18.0. The van der Waals surface area contributed by atoms with Gasteiger partial charge in [0.2, 0.25) is 0 Å². The van der Waals surface area contributed by atoms with Gasteiger partial charge in [0, 0.05) is 4.88 Å². The molecule has 4 rings (SSSR count). The van der Waals surface area contributed by atoms with Crippen LogP contribution >= 0.6 is 11.3 Å². The number of rotatable bonds is 4. The van der Waals surface area contributed by atoms with Gasteiger partial charge in [0.1, 0.15) is 5.69 Å².